The van der Waals surface area contributed by atoms with Crippen LogP contribution in [-0.4, -0.2) is 17.6 Å². The number of unbranched alkanes of at least 4 members (excludes halogenated alkanes) is 5. The molecule has 160 valence electrons. The Bertz CT molecular complexity index is 614. The molecule has 3 heteroatoms. The van der Waals surface area contributed by atoms with Gasteiger partial charge >= 0.3 is 0 Å². The van der Waals surface area contributed by atoms with Gasteiger partial charge in [-0.05, 0) is 62.6 Å². The van der Waals surface area contributed by atoms with E-state index in [1.165, 1.54) is 19.3 Å². The number of amides is 1. The maximum absolute atomic E-state index is 11.9. The summed E-state index contributed by atoms with van der Waals surface area (Å²) >= 11 is 0. The average molecular weight is 398 g/mol. The van der Waals surface area contributed by atoms with E-state index in [4.69, 9.17) is 0 Å². The van der Waals surface area contributed by atoms with Gasteiger partial charge in [-0.3, -0.25) is 4.79 Å². The van der Waals surface area contributed by atoms with Gasteiger partial charge in [0, 0.05) is 13.0 Å². The Morgan fingerprint density at radius 1 is 0.862 bits per heavy atom. The van der Waals surface area contributed by atoms with Gasteiger partial charge < -0.3 is 10.4 Å². The van der Waals surface area contributed by atoms with Crippen LogP contribution < -0.4 is 5.32 Å². The number of rotatable bonds is 16. The van der Waals surface area contributed by atoms with Gasteiger partial charge in [0.05, 0.1) is 0 Å². The van der Waals surface area contributed by atoms with Crippen molar-refractivity contribution in [1.82, 2.24) is 5.32 Å². The van der Waals surface area contributed by atoms with Crippen LogP contribution in [0.5, 0.6) is 5.75 Å². The van der Waals surface area contributed by atoms with E-state index in [0.717, 1.165) is 50.5 Å². The van der Waals surface area contributed by atoms with Gasteiger partial charge in [-0.2, -0.15) is 0 Å². The second-order valence-electron chi connectivity index (χ2n) is 7.37. The third kappa shape index (κ3) is 15.3. The normalized spacial score (nSPS) is 11.8. The minimum Gasteiger partial charge on any atom is -0.508 e. The van der Waals surface area contributed by atoms with E-state index in [1.807, 2.05) is 12.1 Å². The van der Waals surface area contributed by atoms with E-state index < -0.39 is 0 Å². The summed E-state index contributed by atoms with van der Waals surface area (Å²) < 4.78 is 0. The Labute approximate surface area is 177 Å². The summed E-state index contributed by atoms with van der Waals surface area (Å²) in [7, 11) is 0. The Morgan fingerprint density at radius 3 is 2.21 bits per heavy atom. The molecule has 0 unspecified atom stereocenters. The highest BCUT2D eigenvalue weighted by molar-refractivity contribution is 5.75. The lowest BCUT2D eigenvalue weighted by molar-refractivity contribution is -0.121. The molecule has 0 atom stereocenters. The number of hydrogen-bond acceptors (Lipinski definition) is 2. The van der Waals surface area contributed by atoms with E-state index in [2.05, 4.69) is 48.7 Å². The quantitative estimate of drug-likeness (QED) is 0.243. The van der Waals surface area contributed by atoms with Crippen LogP contribution in [-0.2, 0) is 11.2 Å². The zero-order chi connectivity index (χ0) is 21.0. The van der Waals surface area contributed by atoms with Crippen LogP contribution in [0.15, 0.2) is 60.7 Å². The summed E-state index contributed by atoms with van der Waals surface area (Å²) in [6, 6.07) is 7.13. The summed E-state index contributed by atoms with van der Waals surface area (Å²) in [5.74, 6) is 0.418. The minimum absolute atomic E-state index is 0.143. The molecule has 0 aliphatic rings. The molecule has 0 aliphatic carbocycles. The second kappa shape index (κ2) is 17.8. The van der Waals surface area contributed by atoms with Crippen molar-refractivity contribution in [1.29, 1.82) is 0 Å². The molecule has 0 heterocycles. The lowest BCUT2D eigenvalue weighted by Crippen LogP contribution is -2.25. The summed E-state index contributed by atoms with van der Waals surface area (Å²) in [6.07, 6.45) is 24.9. The highest BCUT2D eigenvalue weighted by Crippen LogP contribution is 2.10. The number of allylic oxidation sites excluding steroid dienone is 6. The van der Waals surface area contributed by atoms with Crippen molar-refractivity contribution in [2.45, 2.75) is 77.6 Å². The lowest BCUT2D eigenvalue weighted by atomic mass is 10.1. The van der Waals surface area contributed by atoms with Crippen LogP contribution in [0.1, 0.15) is 76.7 Å². The monoisotopic (exact) mass is 397 g/mol. The van der Waals surface area contributed by atoms with Crippen LogP contribution in [0.25, 0.3) is 0 Å². The first-order valence-electron chi connectivity index (χ1n) is 11.2. The predicted octanol–water partition coefficient (Wildman–Crippen LogP) is 6.64. The van der Waals surface area contributed by atoms with Gasteiger partial charge in [-0.1, -0.05) is 74.8 Å². The zero-order valence-electron chi connectivity index (χ0n) is 18.1. The van der Waals surface area contributed by atoms with E-state index >= 15 is 0 Å². The standard InChI is InChI=1S/C26H39NO2/c1-2-3-4-5-6-7-8-9-10-11-12-13-14-15-16-17-26(29)27-23-22-24-18-20-25(28)21-19-24/h3-4,6-7,9-10,18-21,28H,2,5,8,11-17,22-23H2,1H3,(H,27,29)/b4-3-,7-6-,10-9-. The molecule has 1 rings (SSSR count). The molecular formula is C26H39NO2. The van der Waals surface area contributed by atoms with Crippen molar-refractivity contribution in [2.24, 2.45) is 0 Å². The van der Waals surface area contributed by atoms with E-state index in [1.54, 1.807) is 12.1 Å². The summed E-state index contributed by atoms with van der Waals surface area (Å²) in [5, 5.41) is 12.2. The number of carbonyl (C=O) groups excluding carboxylic acids is 1. The fraction of sp³-hybridized carbons (Fsp3) is 0.500. The number of hydrogen-bond donors (Lipinski definition) is 2. The van der Waals surface area contributed by atoms with Gasteiger partial charge in [0.15, 0.2) is 0 Å². The lowest BCUT2D eigenvalue weighted by Gasteiger charge is -2.06. The highest BCUT2D eigenvalue weighted by atomic mass is 16.3. The van der Waals surface area contributed by atoms with Crippen molar-refractivity contribution in [2.75, 3.05) is 6.54 Å². The molecule has 0 saturated carbocycles. The molecular weight excluding hydrogens is 358 g/mol. The molecule has 2 N–H and O–H groups in total. The molecule has 29 heavy (non-hydrogen) atoms. The first-order chi connectivity index (χ1) is 14.2. The first kappa shape index (κ1) is 24.7. The molecule has 0 bridgehead atoms. The largest absolute Gasteiger partial charge is 0.508 e. The van der Waals surface area contributed by atoms with Gasteiger partial charge in [0.1, 0.15) is 5.75 Å². The van der Waals surface area contributed by atoms with Gasteiger partial charge in [-0.25, -0.2) is 0 Å². The third-order valence-electron chi connectivity index (χ3n) is 4.73. The molecule has 0 spiro atoms. The van der Waals surface area contributed by atoms with Crippen molar-refractivity contribution < 1.29 is 9.90 Å². The summed E-state index contributed by atoms with van der Waals surface area (Å²) in [5.41, 5.74) is 1.12. The smallest absolute Gasteiger partial charge is 0.220 e. The fourth-order valence-corrected chi connectivity index (χ4v) is 3.00. The Morgan fingerprint density at radius 2 is 1.48 bits per heavy atom. The number of carbonyl (C=O) groups is 1. The van der Waals surface area contributed by atoms with E-state index in [0.29, 0.717) is 13.0 Å². The SMILES string of the molecule is CC/C=C\C/C=C\C/C=C\CCCCCCCC(=O)NCCc1ccc(O)cc1. The van der Waals surface area contributed by atoms with E-state index in [9.17, 15) is 9.90 Å². The predicted molar refractivity (Wildman–Crippen MR) is 124 cm³/mol. The van der Waals surface area contributed by atoms with Crippen LogP contribution in [0.2, 0.25) is 0 Å². The van der Waals surface area contributed by atoms with Crippen molar-refractivity contribution >= 4 is 5.91 Å². The van der Waals surface area contributed by atoms with Gasteiger partial charge in [0.25, 0.3) is 0 Å². The number of benzene rings is 1. The van der Waals surface area contributed by atoms with Gasteiger partial charge in [0.2, 0.25) is 5.91 Å². The van der Waals surface area contributed by atoms with Crippen LogP contribution in [0.3, 0.4) is 0 Å². The van der Waals surface area contributed by atoms with E-state index in [-0.39, 0.29) is 11.7 Å². The number of phenols is 1. The number of nitrogens with one attached hydrogen (secondary N) is 1. The van der Waals surface area contributed by atoms with Crippen LogP contribution in [0, 0.1) is 0 Å². The Kier molecular flexibility index (Phi) is 15.2. The summed E-state index contributed by atoms with van der Waals surface area (Å²) in [4.78, 5) is 11.9. The molecule has 0 fully saturated rings. The molecule has 0 aliphatic heterocycles. The molecule has 0 radical (unpaired) electrons. The Hall–Kier alpha value is -2.29. The number of phenolic OH excluding ortho intramolecular Hbond substituents is 1. The second-order valence-corrected chi connectivity index (χ2v) is 7.37. The van der Waals surface area contributed by atoms with Crippen molar-refractivity contribution in [3.8, 4) is 5.75 Å². The summed E-state index contributed by atoms with van der Waals surface area (Å²) in [6.45, 7) is 2.81. The highest BCUT2D eigenvalue weighted by Gasteiger charge is 2.01. The Balaban J connectivity index is 1.88. The zero-order valence-corrected chi connectivity index (χ0v) is 18.1. The maximum atomic E-state index is 11.9. The first-order valence-corrected chi connectivity index (χ1v) is 11.2. The average Bonchev–Trinajstić information content (AvgIpc) is 2.72. The van der Waals surface area contributed by atoms with Crippen LogP contribution >= 0.6 is 0 Å². The van der Waals surface area contributed by atoms with Crippen molar-refractivity contribution in [3.63, 3.8) is 0 Å². The van der Waals surface area contributed by atoms with Crippen LogP contribution in [0.4, 0.5) is 0 Å². The molecule has 0 saturated heterocycles. The fourth-order valence-electron chi connectivity index (χ4n) is 3.00. The topological polar surface area (TPSA) is 49.3 Å². The minimum atomic E-state index is 0.143. The molecule has 0 aromatic heterocycles. The third-order valence-corrected chi connectivity index (χ3v) is 4.73. The molecule has 1 amide bonds. The maximum Gasteiger partial charge on any atom is 0.220 e. The molecule has 1 aromatic carbocycles. The number of aromatic hydroxyl groups is 1. The molecule has 1 aromatic rings. The van der Waals surface area contributed by atoms with Gasteiger partial charge in [-0.15, -0.1) is 0 Å². The van der Waals surface area contributed by atoms with Crippen molar-refractivity contribution in [3.05, 3.63) is 66.3 Å². The molecule has 3 nitrogen and oxygen atoms in total.